The van der Waals surface area contributed by atoms with E-state index in [2.05, 4.69) is 20.3 Å². The van der Waals surface area contributed by atoms with E-state index in [1.165, 1.54) is 17.8 Å². The van der Waals surface area contributed by atoms with Crippen molar-refractivity contribution in [2.24, 2.45) is 0 Å². The van der Waals surface area contributed by atoms with Crippen LogP contribution in [0.15, 0.2) is 36.5 Å². The molecule has 1 fully saturated rings. The smallest absolute Gasteiger partial charge is 0.227 e. The lowest BCUT2D eigenvalue weighted by Crippen LogP contribution is -1.97. The lowest BCUT2D eigenvalue weighted by Gasteiger charge is -2.06. The Hall–Kier alpha value is -2.47. The summed E-state index contributed by atoms with van der Waals surface area (Å²) in [6, 6.07) is 8.74. The zero-order valence-electron chi connectivity index (χ0n) is 12.7. The standard InChI is InChI=1S/C17H16N4OS/c1-10-15(23-16(19-10)11-2-3-11)14-8-9-18-17(21-14)20-12-4-6-13(22)7-5-12/h4-9,11,22H,2-3H2,1H3,(H,18,20,21). The predicted octanol–water partition coefficient (Wildman–Crippen LogP) is 4.24. The van der Waals surface area contributed by atoms with Crippen molar-refractivity contribution in [2.45, 2.75) is 25.7 Å². The summed E-state index contributed by atoms with van der Waals surface area (Å²) in [7, 11) is 0. The van der Waals surface area contributed by atoms with Crippen molar-refractivity contribution in [1.29, 1.82) is 0 Å². The number of aryl methyl sites for hydroxylation is 1. The molecule has 3 aromatic rings. The summed E-state index contributed by atoms with van der Waals surface area (Å²) >= 11 is 1.74. The Kier molecular flexibility index (Phi) is 3.46. The van der Waals surface area contributed by atoms with Gasteiger partial charge in [-0.1, -0.05) is 0 Å². The summed E-state index contributed by atoms with van der Waals surface area (Å²) in [5.74, 6) is 1.43. The molecule has 2 N–H and O–H groups in total. The van der Waals surface area contributed by atoms with Crippen LogP contribution >= 0.6 is 11.3 Å². The van der Waals surface area contributed by atoms with Gasteiger partial charge in [-0.2, -0.15) is 0 Å². The minimum Gasteiger partial charge on any atom is -0.508 e. The summed E-state index contributed by atoms with van der Waals surface area (Å²) in [6.45, 7) is 2.03. The lowest BCUT2D eigenvalue weighted by molar-refractivity contribution is 0.475. The van der Waals surface area contributed by atoms with Gasteiger partial charge in [0.2, 0.25) is 5.95 Å². The van der Waals surface area contributed by atoms with Crippen LogP contribution in [-0.4, -0.2) is 20.1 Å². The number of nitrogens with zero attached hydrogens (tertiary/aromatic N) is 3. The van der Waals surface area contributed by atoms with E-state index in [0.717, 1.165) is 22.0 Å². The van der Waals surface area contributed by atoms with E-state index in [-0.39, 0.29) is 5.75 Å². The Labute approximate surface area is 138 Å². The van der Waals surface area contributed by atoms with Crippen LogP contribution < -0.4 is 5.32 Å². The van der Waals surface area contributed by atoms with Crippen molar-refractivity contribution in [3.8, 4) is 16.3 Å². The number of rotatable bonds is 4. The topological polar surface area (TPSA) is 70.9 Å². The minimum absolute atomic E-state index is 0.234. The molecule has 0 radical (unpaired) electrons. The first kappa shape index (κ1) is 14.1. The summed E-state index contributed by atoms with van der Waals surface area (Å²) in [5.41, 5.74) is 2.76. The number of thiazole rings is 1. The maximum absolute atomic E-state index is 9.33. The average Bonchev–Trinajstić information content (AvgIpc) is 3.33. The number of hydrogen-bond acceptors (Lipinski definition) is 6. The predicted molar refractivity (Wildman–Crippen MR) is 91.2 cm³/mol. The van der Waals surface area contributed by atoms with Gasteiger partial charge in [0.15, 0.2) is 0 Å². The van der Waals surface area contributed by atoms with E-state index in [1.54, 1.807) is 41.8 Å². The molecule has 1 saturated carbocycles. The van der Waals surface area contributed by atoms with Gasteiger partial charge in [0.1, 0.15) is 5.75 Å². The number of anilines is 2. The monoisotopic (exact) mass is 324 g/mol. The Morgan fingerprint density at radius 2 is 1.91 bits per heavy atom. The van der Waals surface area contributed by atoms with Crippen molar-refractivity contribution in [1.82, 2.24) is 15.0 Å². The van der Waals surface area contributed by atoms with Crippen LogP contribution in [0, 0.1) is 6.92 Å². The van der Waals surface area contributed by atoms with E-state index < -0.39 is 0 Å². The highest BCUT2D eigenvalue weighted by Gasteiger charge is 2.28. The summed E-state index contributed by atoms with van der Waals surface area (Å²) in [4.78, 5) is 14.7. The molecular weight excluding hydrogens is 308 g/mol. The van der Waals surface area contributed by atoms with E-state index in [0.29, 0.717) is 11.9 Å². The minimum atomic E-state index is 0.234. The fourth-order valence-corrected chi connectivity index (χ4v) is 3.58. The van der Waals surface area contributed by atoms with E-state index in [9.17, 15) is 5.11 Å². The van der Waals surface area contributed by atoms with Crippen LogP contribution in [-0.2, 0) is 0 Å². The van der Waals surface area contributed by atoms with Crippen LogP contribution in [0.4, 0.5) is 11.6 Å². The Morgan fingerprint density at radius 1 is 1.13 bits per heavy atom. The first-order valence-corrected chi connectivity index (χ1v) is 8.37. The Morgan fingerprint density at radius 3 is 2.65 bits per heavy atom. The molecule has 0 bridgehead atoms. The molecule has 0 atom stereocenters. The molecule has 0 unspecified atom stereocenters. The van der Waals surface area contributed by atoms with Crippen LogP contribution in [0.3, 0.4) is 0 Å². The van der Waals surface area contributed by atoms with Gasteiger partial charge in [0.05, 0.1) is 21.3 Å². The van der Waals surface area contributed by atoms with E-state index in [1.807, 2.05) is 13.0 Å². The number of benzene rings is 1. The number of phenols is 1. The third-order valence-electron chi connectivity index (χ3n) is 3.75. The molecule has 5 nitrogen and oxygen atoms in total. The molecule has 0 spiro atoms. The first-order valence-electron chi connectivity index (χ1n) is 7.56. The third-order valence-corrected chi connectivity index (χ3v) is 5.09. The molecule has 0 amide bonds. The van der Waals surface area contributed by atoms with Gasteiger partial charge in [-0.05, 0) is 50.1 Å². The van der Waals surface area contributed by atoms with Crippen molar-refractivity contribution in [3.05, 3.63) is 47.2 Å². The van der Waals surface area contributed by atoms with Crippen LogP contribution in [0.1, 0.15) is 29.5 Å². The number of nitrogens with one attached hydrogen (secondary N) is 1. The molecule has 23 heavy (non-hydrogen) atoms. The fourth-order valence-electron chi connectivity index (χ4n) is 2.38. The summed E-state index contributed by atoms with van der Waals surface area (Å²) in [6.07, 6.45) is 4.26. The number of aromatic hydroxyl groups is 1. The normalized spacial score (nSPS) is 14.0. The Balaban J connectivity index is 1.61. The molecule has 1 aliphatic carbocycles. The zero-order valence-corrected chi connectivity index (χ0v) is 13.5. The van der Waals surface area contributed by atoms with Crippen molar-refractivity contribution < 1.29 is 5.11 Å². The number of hydrogen-bond donors (Lipinski definition) is 2. The molecule has 1 aromatic carbocycles. The van der Waals surface area contributed by atoms with E-state index >= 15 is 0 Å². The average molecular weight is 324 g/mol. The molecule has 2 heterocycles. The fraction of sp³-hybridized carbons (Fsp3) is 0.235. The molecule has 1 aliphatic rings. The van der Waals surface area contributed by atoms with Gasteiger partial charge in [-0.15, -0.1) is 11.3 Å². The summed E-state index contributed by atoms with van der Waals surface area (Å²) in [5, 5.41) is 13.7. The molecule has 2 aromatic heterocycles. The van der Waals surface area contributed by atoms with Gasteiger partial charge in [-0.25, -0.2) is 15.0 Å². The maximum Gasteiger partial charge on any atom is 0.227 e. The largest absolute Gasteiger partial charge is 0.508 e. The van der Waals surface area contributed by atoms with Gasteiger partial charge < -0.3 is 10.4 Å². The lowest BCUT2D eigenvalue weighted by atomic mass is 10.3. The molecule has 0 saturated heterocycles. The number of phenolic OH excluding ortho intramolecular Hbond substituents is 1. The van der Waals surface area contributed by atoms with Crippen molar-refractivity contribution in [2.75, 3.05) is 5.32 Å². The molecular formula is C17H16N4OS. The third kappa shape index (κ3) is 3.03. The second-order valence-corrected chi connectivity index (χ2v) is 6.71. The molecule has 6 heteroatoms. The van der Waals surface area contributed by atoms with E-state index in [4.69, 9.17) is 0 Å². The molecule has 116 valence electrons. The van der Waals surface area contributed by atoms with Crippen LogP contribution in [0.2, 0.25) is 0 Å². The number of aromatic nitrogens is 3. The highest BCUT2D eigenvalue weighted by molar-refractivity contribution is 7.15. The van der Waals surface area contributed by atoms with Crippen molar-refractivity contribution in [3.63, 3.8) is 0 Å². The van der Waals surface area contributed by atoms with Crippen molar-refractivity contribution >= 4 is 23.0 Å². The van der Waals surface area contributed by atoms with Crippen LogP contribution in [0.5, 0.6) is 5.75 Å². The second kappa shape index (κ2) is 5.62. The van der Waals surface area contributed by atoms with Gasteiger partial charge >= 0.3 is 0 Å². The SMILES string of the molecule is Cc1nc(C2CC2)sc1-c1ccnc(Nc2ccc(O)cc2)n1. The highest BCUT2D eigenvalue weighted by Crippen LogP contribution is 2.44. The van der Waals surface area contributed by atoms with Gasteiger partial charge in [0.25, 0.3) is 0 Å². The Bertz CT molecular complexity index is 840. The van der Waals surface area contributed by atoms with Gasteiger partial charge in [-0.3, -0.25) is 0 Å². The molecule has 0 aliphatic heterocycles. The molecule has 4 rings (SSSR count). The zero-order chi connectivity index (χ0) is 15.8. The maximum atomic E-state index is 9.33. The first-order chi connectivity index (χ1) is 11.2. The van der Waals surface area contributed by atoms with Gasteiger partial charge in [0, 0.05) is 17.8 Å². The van der Waals surface area contributed by atoms with Crippen LogP contribution in [0.25, 0.3) is 10.6 Å². The quantitative estimate of drug-likeness (QED) is 0.703. The highest BCUT2D eigenvalue weighted by atomic mass is 32.1. The second-order valence-electron chi connectivity index (χ2n) is 5.68. The summed E-state index contributed by atoms with van der Waals surface area (Å²) < 4.78 is 0.